The molecular weight excluding hydrogens is 204 g/mol. The predicted molar refractivity (Wildman–Crippen MR) is 63.4 cm³/mol. The van der Waals surface area contributed by atoms with Gasteiger partial charge in [-0.25, -0.2) is 0 Å². The molecule has 1 fully saturated rings. The third kappa shape index (κ3) is 2.35. The minimum absolute atomic E-state index is 0.0707. The summed E-state index contributed by atoms with van der Waals surface area (Å²) in [7, 11) is 0. The van der Waals surface area contributed by atoms with E-state index in [2.05, 4.69) is 11.0 Å². The average molecular weight is 222 g/mol. The fourth-order valence-electron chi connectivity index (χ4n) is 2.04. The maximum absolute atomic E-state index is 9.11. The van der Waals surface area contributed by atoms with E-state index >= 15 is 0 Å². The molecule has 1 aliphatic rings. The van der Waals surface area contributed by atoms with Gasteiger partial charge in [-0.15, -0.1) is 0 Å². The number of anilines is 1. The summed E-state index contributed by atoms with van der Waals surface area (Å²) in [6, 6.07) is 8.12. The van der Waals surface area contributed by atoms with Crippen LogP contribution in [0.25, 0.3) is 0 Å². The van der Waals surface area contributed by atoms with E-state index in [-0.39, 0.29) is 12.7 Å². The number of morpholine rings is 1. The lowest BCUT2D eigenvalue weighted by atomic mass is 10.1. The van der Waals surface area contributed by atoms with Gasteiger partial charge in [0.2, 0.25) is 0 Å². The first kappa shape index (κ1) is 11.4. The Labute approximate surface area is 95.6 Å². The molecule has 0 bridgehead atoms. The summed E-state index contributed by atoms with van der Waals surface area (Å²) in [5.74, 6) is 0. The first-order valence-corrected chi connectivity index (χ1v) is 5.60. The minimum atomic E-state index is -0.0837. The lowest BCUT2D eigenvalue weighted by molar-refractivity contribution is 0.00353. The quantitative estimate of drug-likeness (QED) is 0.774. The lowest BCUT2D eigenvalue weighted by Gasteiger charge is -2.34. The first-order chi connectivity index (χ1) is 7.85. The first-order valence-electron chi connectivity index (χ1n) is 5.60. The van der Waals surface area contributed by atoms with Gasteiger partial charge in [-0.05, 0) is 11.6 Å². The van der Waals surface area contributed by atoms with Crippen LogP contribution in [0.15, 0.2) is 24.3 Å². The fraction of sp³-hybridized carbons (Fsp3) is 0.500. The minimum Gasteiger partial charge on any atom is -0.394 e. The zero-order chi connectivity index (χ0) is 11.4. The van der Waals surface area contributed by atoms with E-state index < -0.39 is 0 Å². The summed E-state index contributed by atoms with van der Waals surface area (Å²) in [5.41, 5.74) is 8.02. The van der Waals surface area contributed by atoms with Gasteiger partial charge in [0.1, 0.15) is 0 Å². The molecule has 1 unspecified atom stereocenters. The number of benzene rings is 1. The Balaban J connectivity index is 2.16. The largest absolute Gasteiger partial charge is 0.394 e. The van der Waals surface area contributed by atoms with Crippen molar-refractivity contribution in [1.82, 2.24) is 0 Å². The van der Waals surface area contributed by atoms with Crippen LogP contribution in [0, 0.1) is 0 Å². The monoisotopic (exact) mass is 222 g/mol. The summed E-state index contributed by atoms with van der Waals surface area (Å²) in [6.07, 6.45) is -0.0837. The molecule has 0 aromatic heterocycles. The van der Waals surface area contributed by atoms with Crippen LogP contribution < -0.4 is 10.6 Å². The van der Waals surface area contributed by atoms with E-state index in [4.69, 9.17) is 15.6 Å². The zero-order valence-corrected chi connectivity index (χ0v) is 9.30. The molecule has 1 aliphatic heterocycles. The van der Waals surface area contributed by atoms with Gasteiger partial charge in [0.25, 0.3) is 0 Å². The van der Waals surface area contributed by atoms with Crippen molar-refractivity contribution in [1.29, 1.82) is 0 Å². The molecule has 16 heavy (non-hydrogen) atoms. The second kappa shape index (κ2) is 5.30. The number of para-hydroxylation sites is 1. The molecule has 0 spiro atoms. The second-order valence-electron chi connectivity index (χ2n) is 3.95. The zero-order valence-electron chi connectivity index (χ0n) is 9.30. The van der Waals surface area contributed by atoms with Gasteiger partial charge >= 0.3 is 0 Å². The van der Waals surface area contributed by atoms with E-state index in [0.717, 1.165) is 24.3 Å². The van der Waals surface area contributed by atoms with Crippen LogP contribution in [0.3, 0.4) is 0 Å². The Kier molecular flexibility index (Phi) is 3.77. The predicted octanol–water partition coefficient (Wildman–Crippen LogP) is 0.343. The Morgan fingerprint density at radius 2 is 2.25 bits per heavy atom. The molecule has 4 nitrogen and oxygen atoms in total. The molecule has 3 N–H and O–H groups in total. The van der Waals surface area contributed by atoms with Crippen molar-refractivity contribution in [3.63, 3.8) is 0 Å². The molecule has 0 amide bonds. The second-order valence-corrected chi connectivity index (χ2v) is 3.95. The number of nitrogens with two attached hydrogens (primary N) is 1. The van der Waals surface area contributed by atoms with Crippen molar-refractivity contribution in [2.24, 2.45) is 5.73 Å². The molecular formula is C12H18N2O2. The summed E-state index contributed by atoms with van der Waals surface area (Å²) in [6.45, 7) is 2.85. The Morgan fingerprint density at radius 3 is 3.00 bits per heavy atom. The van der Waals surface area contributed by atoms with Gasteiger partial charge in [-0.1, -0.05) is 18.2 Å². The van der Waals surface area contributed by atoms with Crippen molar-refractivity contribution in [3.8, 4) is 0 Å². The Morgan fingerprint density at radius 1 is 1.44 bits per heavy atom. The third-order valence-corrected chi connectivity index (χ3v) is 2.89. The summed E-state index contributed by atoms with van der Waals surface area (Å²) in [5, 5.41) is 9.11. The van der Waals surface area contributed by atoms with E-state index in [1.807, 2.05) is 18.2 Å². The number of aliphatic hydroxyl groups excluding tert-OH is 1. The topological polar surface area (TPSA) is 58.7 Å². The number of aliphatic hydroxyl groups is 1. The third-order valence-electron chi connectivity index (χ3n) is 2.89. The molecule has 88 valence electrons. The van der Waals surface area contributed by atoms with Crippen LogP contribution in [0.4, 0.5) is 5.69 Å². The summed E-state index contributed by atoms with van der Waals surface area (Å²) in [4.78, 5) is 2.23. The number of nitrogens with zero attached hydrogens (tertiary/aromatic N) is 1. The van der Waals surface area contributed by atoms with E-state index in [1.165, 1.54) is 0 Å². The number of rotatable bonds is 3. The maximum atomic E-state index is 9.11. The lowest BCUT2D eigenvalue weighted by Crippen LogP contribution is -2.44. The van der Waals surface area contributed by atoms with E-state index in [0.29, 0.717) is 13.2 Å². The molecule has 1 saturated heterocycles. The summed E-state index contributed by atoms with van der Waals surface area (Å²) < 4.78 is 5.43. The highest BCUT2D eigenvalue weighted by molar-refractivity contribution is 5.54. The highest BCUT2D eigenvalue weighted by atomic mass is 16.5. The SMILES string of the molecule is NCc1ccccc1N1CCOC(CO)C1. The van der Waals surface area contributed by atoms with Gasteiger partial charge in [0.05, 0.1) is 19.3 Å². The van der Waals surface area contributed by atoms with Crippen LogP contribution in [-0.4, -0.2) is 37.5 Å². The molecule has 0 radical (unpaired) electrons. The number of hydrogen-bond acceptors (Lipinski definition) is 4. The fourth-order valence-corrected chi connectivity index (χ4v) is 2.04. The molecule has 1 atom stereocenters. The van der Waals surface area contributed by atoms with Crippen molar-refractivity contribution >= 4 is 5.69 Å². The van der Waals surface area contributed by atoms with Crippen molar-refractivity contribution in [2.75, 3.05) is 31.2 Å². The van der Waals surface area contributed by atoms with Gasteiger partial charge in [0, 0.05) is 25.3 Å². The molecule has 0 saturated carbocycles. The van der Waals surface area contributed by atoms with E-state index in [1.54, 1.807) is 0 Å². The van der Waals surface area contributed by atoms with Crippen LogP contribution in [0.2, 0.25) is 0 Å². The van der Waals surface area contributed by atoms with Gasteiger partial charge in [0.15, 0.2) is 0 Å². The van der Waals surface area contributed by atoms with Crippen LogP contribution in [-0.2, 0) is 11.3 Å². The van der Waals surface area contributed by atoms with Crippen molar-refractivity contribution in [2.45, 2.75) is 12.6 Å². The van der Waals surface area contributed by atoms with Gasteiger partial charge in [-0.2, -0.15) is 0 Å². The Hall–Kier alpha value is -1.10. The average Bonchev–Trinajstić information content (AvgIpc) is 2.38. The number of ether oxygens (including phenoxy) is 1. The highest BCUT2D eigenvalue weighted by Crippen LogP contribution is 2.22. The molecule has 1 aromatic rings. The smallest absolute Gasteiger partial charge is 0.0980 e. The molecule has 1 heterocycles. The standard InChI is InChI=1S/C12H18N2O2/c13-7-10-3-1-2-4-12(10)14-5-6-16-11(8-14)9-15/h1-4,11,15H,5-9,13H2. The van der Waals surface area contributed by atoms with Crippen molar-refractivity contribution in [3.05, 3.63) is 29.8 Å². The van der Waals surface area contributed by atoms with Crippen LogP contribution in [0.5, 0.6) is 0 Å². The van der Waals surface area contributed by atoms with Gasteiger partial charge in [-0.3, -0.25) is 0 Å². The molecule has 2 rings (SSSR count). The van der Waals surface area contributed by atoms with E-state index in [9.17, 15) is 0 Å². The van der Waals surface area contributed by atoms with Crippen molar-refractivity contribution < 1.29 is 9.84 Å². The molecule has 1 aromatic carbocycles. The van der Waals surface area contributed by atoms with Crippen LogP contribution in [0.1, 0.15) is 5.56 Å². The van der Waals surface area contributed by atoms with Gasteiger partial charge < -0.3 is 20.5 Å². The highest BCUT2D eigenvalue weighted by Gasteiger charge is 2.20. The Bertz CT molecular complexity index is 344. The maximum Gasteiger partial charge on any atom is 0.0980 e. The molecule has 4 heteroatoms. The van der Waals surface area contributed by atoms with Crippen LogP contribution >= 0.6 is 0 Å². The normalized spacial score (nSPS) is 21.1. The summed E-state index contributed by atoms with van der Waals surface area (Å²) >= 11 is 0. The molecule has 0 aliphatic carbocycles. The number of hydrogen-bond donors (Lipinski definition) is 2.